The van der Waals surface area contributed by atoms with E-state index in [0.29, 0.717) is 34.6 Å². The van der Waals surface area contributed by atoms with E-state index in [1.165, 1.54) is 51.7 Å². The zero-order valence-electron chi connectivity index (χ0n) is 24.6. The van der Waals surface area contributed by atoms with Gasteiger partial charge in [0.05, 0.1) is 21.3 Å². The van der Waals surface area contributed by atoms with E-state index in [1.807, 2.05) is 6.92 Å². The molecule has 50 heavy (non-hydrogen) atoms. The van der Waals surface area contributed by atoms with E-state index in [2.05, 4.69) is 0 Å². The van der Waals surface area contributed by atoms with Crippen LogP contribution in [0.2, 0.25) is 0 Å². The Hall–Kier alpha value is -5.52. The summed E-state index contributed by atoms with van der Waals surface area (Å²) >= 11 is 0. The summed E-state index contributed by atoms with van der Waals surface area (Å²) in [6.07, 6.45) is 0.605. The Morgan fingerprint density at radius 1 is 0.400 bits per heavy atom. The molecule has 0 radical (unpaired) electrons. The maximum absolute atomic E-state index is 10.4. The number of rotatable bonds is 13. The highest BCUT2D eigenvalue weighted by Crippen LogP contribution is 2.43. The van der Waals surface area contributed by atoms with Crippen molar-refractivity contribution >= 4 is 0 Å². The number of hydrogen-bond donors (Lipinski definition) is 6. The molecule has 0 spiro atoms. The molecule has 0 bridgehead atoms. The van der Waals surface area contributed by atoms with Crippen LogP contribution < -0.4 is 28.4 Å². The van der Waals surface area contributed by atoms with Gasteiger partial charge in [-0.3, -0.25) is 0 Å². The number of aryl methyl sites for hydroxylation is 1. The van der Waals surface area contributed by atoms with E-state index in [-0.39, 0.29) is 93.1 Å². The molecule has 0 aliphatic rings. The summed E-state index contributed by atoms with van der Waals surface area (Å²) in [5.41, 5.74) is 2.23. The van der Waals surface area contributed by atoms with E-state index in [1.54, 1.807) is 18.2 Å². The zero-order chi connectivity index (χ0) is 32.0. The average molecular weight is 707 g/mol. The first-order valence-corrected chi connectivity index (χ1v) is 13.4. The van der Waals surface area contributed by atoms with Crippen LogP contribution in [0.5, 0.6) is 69.0 Å². The molecule has 0 fully saturated rings. The van der Waals surface area contributed by atoms with Gasteiger partial charge < -0.3 is 59.1 Å². The van der Waals surface area contributed by atoms with E-state index in [4.69, 9.17) is 28.4 Å². The zero-order valence-corrected chi connectivity index (χ0v) is 24.6. The van der Waals surface area contributed by atoms with Gasteiger partial charge in [-0.25, -0.2) is 0 Å². The Kier molecular flexibility index (Phi) is 21.0. The van der Waals surface area contributed by atoms with Crippen LogP contribution in [0.25, 0.3) is 0 Å². The van der Waals surface area contributed by atoms with Crippen LogP contribution in [0.15, 0.2) is 48.5 Å². The molecule has 4 aromatic carbocycles. The lowest BCUT2D eigenvalue weighted by Gasteiger charge is -2.19. The fourth-order valence-electron chi connectivity index (χ4n) is 4.38. The Morgan fingerprint density at radius 3 is 1.22 bits per heavy atom. The molecule has 0 aromatic heterocycles. The van der Waals surface area contributed by atoms with E-state index < -0.39 is 28.7 Å². The van der Waals surface area contributed by atoms with Crippen LogP contribution in [0.3, 0.4) is 0 Å². The van der Waals surface area contributed by atoms with Crippen molar-refractivity contribution in [1.29, 1.82) is 0 Å². The predicted octanol–water partition coefficient (Wildman–Crippen LogP) is 9.06. The molecule has 0 aliphatic carbocycles. The highest BCUT2D eigenvalue weighted by Gasteiger charge is 2.19. The molecule has 0 unspecified atom stereocenters. The first-order chi connectivity index (χ1) is 21.1. The quantitative estimate of drug-likeness (QED) is 0.0728. The van der Waals surface area contributed by atoms with Gasteiger partial charge in [0, 0.05) is 0 Å². The van der Waals surface area contributed by atoms with Crippen molar-refractivity contribution < 1.29 is 59.1 Å². The van der Waals surface area contributed by atoms with Gasteiger partial charge in [0.25, 0.3) is 0 Å². The first-order valence-electron chi connectivity index (χ1n) is 13.4. The highest BCUT2D eigenvalue weighted by molar-refractivity contribution is 5.57. The largest absolute Gasteiger partial charge is 0.504 e. The molecular weight excluding hydrogens is 648 g/mol. The van der Waals surface area contributed by atoms with Crippen LogP contribution >= 0.6 is 0 Å². The summed E-state index contributed by atoms with van der Waals surface area (Å²) in [6, 6.07) is 12.0. The van der Waals surface area contributed by atoms with Gasteiger partial charge in [0.1, 0.15) is 19.8 Å². The summed E-state index contributed by atoms with van der Waals surface area (Å²) in [7, 11) is 4.22. The molecule has 12 nitrogen and oxygen atoms in total. The third-order valence-corrected chi connectivity index (χ3v) is 6.64. The third kappa shape index (κ3) is 11.0. The van der Waals surface area contributed by atoms with Gasteiger partial charge >= 0.3 is 0 Å². The van der Waals surface area contributed by atoms with Crippen LogP contribution in [-0.4, -0.2) is 52.0 Å². The fraction of sp³-hybridized carbons (Fsp3) is 0.368. The molecule has 6 N–H and O–H groups in total. The fourth-order valence-corrected chi connectivity index (χ4v) is 4.38. The molecule has 0 amide bonds. The Bertz CT molecular complexity index is 1610. The second-order valence-electron chi connectivity index (χ2n) is 9.64. The van der Waals surface area contributed by atoms with Crippen molar-refractivity contribution in [3.8, 4) is 69.0 Å². The van der Waals surface area contributed by atoms with Gasteiger partial charge in [-0.2, -0.15) is 0 Å². The van der Waals surface area contributed by atoms with Crippen LogP contribution in [-0.2, 0) is 26.2 Å². The molecule has 0 atom stereocenters. The molecule has 0 saturated heterocycles. The monoisotopic (exact) mass is 706 g/mol. The van der Waals surface area contributed by atoms with Gasteiger partial charge in [-0.05, 0) is 77.2 Å². The highest BCUT2D eigenvalue weighted by atomic mass is 16.5. The van der Waals surface area contributed by atoms with E-state index >= 15 is 0 Å². The minimum absolute atomic E-state index is 0. The Labute approximate surface area is 297 Å². The maximum atomic E-state index is 10.4. The van der Waals surface area contributed by atoms with Gasteiger partial charge in [-0.15, -0.1) is 0 Å². The Balaban J connectivity index is -0.00000368. The summed E-state index contributed by atoms with van der Waals surface area (Å²) in [5, 5.41) is 60.1. The van der Waals surface area contributed by atoms with Crippen LogP contribution in [0.4, 0.5) is 0 Å². The minimum Gasteiger partial charge on any atom is -0.504 e. The molecule has 4 aromatic rings. The molecular formula is C38H58O12. The normalized spacial score (nSPS) is 9.44. The maximum Gasteiger partial charge on any atom is 0.203 e. The van der Waals surface area contributed by atoms with Crippen LogP contribution in [0, 0.1) is 0 Å². The van der Waals surface area contributed by atoms with E-state index in [0.717, 1.165) is 5.56 Å². The lowest BCUT2D eigenvalue weighted by Crippen LogP contribution is -2.05. The smallest absolute Gasteiger partial charge is 0.203 e. The summed E-state index contributed by atoms with van der Waals surface area (Å²) in [5.74, 6) is -1.30. The van der Waals surface area contributed by atoms with E-state index in [9.17, 15) is 30.6 Å². The van der Waals surface area contributed by atoms with Crippen molar-refractivity contribution in [2.45, 2.75) is 77.7 Å². The first kappa shape index (κ1) is 48.9. The van der Waals surface area contributed by atoms with Gasteiger partial charge in [0.15, 0.2) is 51.7 Å². The lowest BCUT2D eigenvalue weighted by atomic mass is 10.1. The summed E-state index contributed by atoms with van der Waals surface area (Å²) in [6.45, 7) is 1.71. The second kappa shape index (κ2) is 21.5. The number of ether oxygens (including phenoxy) is 6. The number of aromatic hydroxyl groups is 6. The Morgan fingerprint density at radius 2 is 0.780 bits per heavy atom. The minimum atomic E-state index is -0.643. The topological polar surface area (TPSA) is 177 Å². The summed E-state index contributed by atoms with van der Waals surface area (Å²) in [4.78, 5) is 0. The summed E-state index contributed by atoms with van der Waals surface area (Å²) < 4.78 is 34.1. The number of hydrogen-bond acceptors (Lipinski definition) is 12. The van der Waals surface area contributed by atoms with Gasteiger partial charge in [0.2, 0.25) is 17.2 Å². The van der Waals surface area contributed by atoms with Crippen molar-refractivity contribution in [3.63, 3.8) is 0 Å². The average Bonchev–Trinajstić information content (AvgIpc) is 3.01. The number of phenols is 6. The predicted molar refractivity (Wildman–Crippen MR) is 198 cm³/mol. The van der Waals surface area contributed by atoms with Crippen molar-refractivity contribution in [2.75, 3.05) is 21.3 Å². The second-order valence-corrected chi connectivity index (χ2v) is 9.64. The lowest BCUT2D eigenvalue weighted by molar-refractivity contribution is 0.228. The standard InChI is InChI=1S/C32H34O12.6CH4/c1-5-17-10-27(42-14-18-6-21(33)29(37)22(34)7-18)32(44-16-19-8-23(35)30(38)25(12-19)39-2)28(11-17)43-15-20-9-24(36)31(41-4)26(13-20)40-3;;;;;;/h6-13,33-38H,5,14-16H2,1-4H3;6*1H4. The molecule has 0 aliphatic heterocycles. The molecule has 0 heterocycles. The van der Waals surface area contributed by atoms with Gasteiger partial charge in [-0.1, -0.05) is 51.5 Å². The molecule has 4 rings (SSSR count). The van der Waals surface area contributed by atoms with Crippen LogP contribution in [0.1, 0.15) is 73.7 Å². The van der Waals surface area contributed by atoms with Crippen molar-refractivity contribution in [2.24, 2.45) is 0 Å². The number of phenolic OH excluding ortho intramolecular Hbond substituents is 6. The SMILES string of the molecule is C.C.C.C.C.C.CCc1cc(OCc2cc(O)c(O)c(O)c2)c(OCc2cc(O)c(O)c(OC)c2)c(OCc2cc(O)c(OC)c(OC)c2)c1. The van der Waals surface area contributed by atoms with Crippen molar-refractivity contribution in [3.05, 3.63) is 70.8 Å². The third-order valence-electron chi connectivity index (χ3n) is 6.64. The van der Waals surface area contributed by atoms with Crippen molar-refractivity contribution in [1.82, 2.24) is 0 Å². The number of benzene rings is 4. The molecule has 0 saturated carbocycles. The molecule has 12 heteroatoms. The number of methoxy groups -OCH3 is 3. The molecule has 282 valence electrons.